The van der Waals surface area contributed by atoms with E-state index in [1.54, 1.807) is 0 Å². The molecule has 0 spiro atoms. The predicted octanol–water partition coefficient (Wildman–Crippen LogP) is 13.6. The molecule has 11 rings (SSSR count). The van der Waals surface area contributed by atoms with Crippen LogP contribution in [-0.4, -0.2) is 9.13 Å². The van der Waals surface area contributed by atoms with Crippen molar-refractivity contribution in [1.82, 2.24) is 9.13 Å². The number of aromatic nitrogens is 2. The molecule has 2 nitrogen and oxygen atoms in total. The number of fused-ring (bicyclic) bond motifs is 11. The van der Waals surface area contributed by atoms with Crippen molar-refractivity contribution in [3.8, 4) is 33.6 Å². The molecule has 0 atom stereocenters. The average Bonchev–Trinajstić information content (AvgIpc) is 3.86. The van der Waals surface area contributed by atoms with Crippen molar-refractivity contribution in [2.45, 2.75) is 0 Å². The van der Waals surface area contributed by atoms with Crippen LogP contribution in [0.5, 0.6) is 0 Å². The molecular weight excluding hydrogens is 637 g/mol. The number of nitrogens with zero attached hydrogens (tertiary/aromatic N) is 2. The van der Waals surface area contributed by atoms with E-state index in [1.165, 1.54) is 97.4 Å². The smallest absolute Gasteiger partial charge is 0.0555 e. The van der Waals surface area contributed by atoms with Gasteiger partial charge < -0.3 is 9.13 Å². The molecule has 3 heterocycles. The van der Waals surface area contributed by atoms with E-state index in [9.17, 15) is 0 Å². The first-order valence-electron chi connectivity index (χ1n) is 17.4. The molecule has 51 heavy (non-hydrogen) atoms. The van der Waals surface area contributed by atoms with Gasteiger partial charge in [-0.15, -0.1) is 11.3 Å². The van der Waals surface area contributed by atoms with Crippen LogP contribution in [0.4, 0.5) is 0 Å². The van der Waals surface area contributed by atoms with Gasteiger partial charge in [0.05, 0.1) is 22.1 Å². The van der Waals surface area contributed by atoms with Gasteiger partial charge in [-0.25, -0.2) is 0 Å². The average molecular weight is 667 g/mol. The molecule has 0 N–H and O–H groups in total. The van der Waals surface area contributed by atoms with Crippen LogP contribution < -0.4 is 0 Å². The Kier molecular flexibility index (Phi) is 6.16. The summed E-state index contributed by atoms with van der Waals surface area (Å²) in [7, 11) is 0. The maximum Gasteiger partial charge on any atom is 0.0555 e. The molecule has 0 amide bonds. The number of rotatable bonds is 4. The largest absolute Gasteiger partial charge is 0.309 e. The molecule has 238 valence electrons. The lowest BCUT2D eigenvalue weighted by Crippen LogP contribution is -1.94. The Labute approximate surface area is 298 Å². The minimum Gasteiger partial charge on any atom is -0.309 e. The lowest BCUT2D eigenvalue weighted by Gasteiger charge is -2.10. The summed E-state index contributed by atoms with van der Waals surface area (Å²) in [6.45, 7) is 0. The van der Waals surface area contributed by atoms with Crippen molar-refractivity contribution in [3.05, 3.63) is 182 Å². The minimum atomic E-state index is 1.17. The van der Waals surface area contributed by atoms with Gasteiger partial charge in [0.25, 0.3) is 0 Å². The van der Waals surface area contributed by atoms with Gasteiger partial charge in [-0.05, 0) is 76.9 Å². The SMILES string of the molecule is c1ccc(-c2ccc(-n3c4ccccc4c4c5sc6ccc7c(c8ccccc8n7-c7cccc(-c8ccccc8)c7)c6c5ccc43)cc2)cc1. The van der Waals surface area contributed by atoms with Crippen molar-refractivity contribution in [2.24, 2.45) is 0 Å². The summed E-state index contributed by atoms with van der Waals surface area (Å²) in [5.41, 5.74) is 12.2. The van der Waals surface area contributed by atoms with Crippen molar-refractivity contribution in [1.29, 1.82) is 0 Å². The van der Waals surface area contributed by atoms with E-state index in [2.05, 4.69) is 191 Å². The second-order valence-electron chi connectivity index (χ2n) is 13.3. The second-order valence-corrected chi connectivity index (χ2v) is 14.4. The Morgan fingerprint density at radius 3 is 1.59 bits per heavy atom. The molecule has 8 aromatic carbocycles. The van der Waals surface area contributed by atoms with Gasteiger partial charge in [-0.1, -0.05) is 127 Å². The third-order valence-electron chi connectivity index (χ3n) is 10.5. The van der Waals surface area contributed by atoms with Crippen LogP contribution in [0.2, 0.25) is 0 Å². The molecule has 11 aromatic rings. The highest BCUT2D eigenvalue weighted by molar-refractivity contribution is 7.27. The fraction of sp³-hybridized carbons (Fsp3) is 0. The second kappa shape index (κ2) is 11.0. The van der Waals surface area contributed by atoms with Gasteiger partial charge in [0, 0.05) is 53.1 Å². The molecule has 0 aliphatic heterocycles. The van der Waals surface area contributed by atoms with Crippen molar-refractivity contribution in [2.75, 3.05) is 0 Å². The van der Waals surface area contributed by atoms with Crippen LogP contribution in [-0.2, 0) is 0 Å². The van der Waals surface area contributed by atoms with E-state index >= 15 is 0 Å². The number of hydrogen-bond donors (Lipinski definition) is 0. The van der Waals surface area contributed by atoms with E-state index in [0.29, 0.717) is 0 Å². The lowest BCUT2D eigenvalue weighted by atomic mass is 10.0. The highest BCUT2D eigenvalue weighted by Gasteiger charge is 2.21. The Hall–Kier alpha value is -6.42. The summed E-state index contributed by atoms with van der Waals surface area (Å²) >= 11 is 1.92. The van der Waals surface area contributed by atoms with Crippen LogP contribution in [0.15, 0.2) is 182 Å². The van der Waals surface area contributed by atoms with E-state index in [0.717, 1.165) is 0 Å². The zero-order valence-corrected chi connectivity index (χ0v) is 28.4. The molecule has 0 aliphatic carbocycles. The van der Waals surface area contributed by atoms with E-state index in [4.69, 9.17) is 0 Å². The summed E-state index contributed by atoms with van der Waals surface area (Å²) in [4.78, 5) is 0. The highest BCUT2D eigenvalue weighted by Crippen LogP contribution is 2.47. The molecular formula is C48H30N2S. The van der Waals surface area contributed by atoms with Crippen molar-refractivity contribution < 1.29 is 0 Å². The zero-order valence-electron chi connectivity index (χ0n) is 27.6. The molecule has 0 fully saturated rings. The van der Waals surface area contributed by atoms with Gasteiger partial charge in [-0.3, -0.25) is 0 Å². The first-order valence-corrected chi connectivity index (χ1v) is 18.3. The number of benzene rings is 8. The Bertz CT molecular complexity index is 3110. The third-order valence-corrected chi connectivity index (χ3v) is 11.7. The first kappa shape index (κ1) is 28.4. The highest BCUT2D eigenvalue weighted by atomic mass is 32.1. The van der Waals surface area contributed by atoms with Gasteiger partial charge in [0.2, 0.25) is 0 Å². The monoisotopic (exact) mass is 666 g/mol. The molecule has 3 heteroatoms. The van der Waals surface area contributed by atoms with Gasteiger partial charge in [-0.2, -0.15) is 0 Å². The Morgan fingerprint density at radius 1 is 0.314 bits per heavy atom. The Morgan fingerprint density at radius 2 is 0.863 bits per heavy atom. The zero-order chi connectivity index (χ0) is 33.5. The topological polar surface area (TPSA) is 9.86 Å². The number of hydrogen-bond acceptors (Lipinski definition) is 1. The normalized spacial score (nSPS) is 11.9. The van der Waals surface area contributed by atoms with Crippen molar-refractivity contribution in [3.63, 3.8) is 0 Å². The molecule has 0 unspecified atom stereocenters. The third kappa shape index (κ3) is 4.22. The maximum atomic E-state index is 2.45. The minimum absolute atomic E-state index is 1.17. The lowest BCUT2D eigenvalue weighted by molar-refractivity contribution is 1.18. The summed E-state index contributed by atoms with van der Waals surface area (Å²) in [6.07, 6.45) is 0. The van der Waals surface area contributed by atoms with Crippen molar-refractivity contribution >= 4 is 75.1 Å². The van der Waals surface area contributed by atoms with Crippen LogP contribution in [0, 0.1) is 0 Å². The first-order chi connectivity index (χ1) is 25.3. The molecule has 3 aromatic heterocycles. The predicted molar refractivity (Wildman–Crippen MR) is 219 cm³/mol. The Balaban J connectivity index is 1.17. The summed E-state index contributed by atoms with van der Waals surface area (Å²) in [6, 6.07) is 66.4. The van der Waals surface area contributed by atoms with E-state index in [-0.39, 0.29) is 0 Å². The van der Waals surface area contributed by atoms with E-state index in [1.807, 2.05) is 11.3 Å². The number of para-hydroxylation sites is 2. The molecule has 0 radical (unpaired) electrons. The van der Waals surface area contributed by atoms with Gasteiger partial charge in [0.1, 0.15) is 0 Å². The van der Waals surface area contributed by atoms with E-state index < -0.39 is 0 Å². The fourth-order valence-corrected chi connectivity index (χ4v) is 9.55. The fourth-order valence-electron chi connectivity index (χ4n) is 8.28. The van der Waals surface area contributed by atoms with Crippen LogP contribution in [0.25, 0.3) is 97.4 Å². The van der Waals surface area contributed by atoms with Crippen LogP contribution in [0.1, 0.15) is 0 Å². The summed E-state index contributed by atoms with van der Waals surface area (Å²) in [5, 5.41) is 7.86. The summed E-state index contributed by atoms with van der Waals surface area (Å²) < 4.78 is 7.54. The van der Waals surface area contributed by atoms with Gasteiger partial charge >= 0.3 is 0 Å². The molecule has 0 aliphatic rings. The maximum absolute atomic E-state index is 2.45. The summed E-state index contributed by atoms with van der Waals surface area (Å²) in [5.74, 6) is 0. The quantitative estimate of drug-likeness (QED) is 0.177. The number of thiophene rings is 1. The van der Waals surface area contributed by atoms with Crippen LogP contribution in [0.3, 0.4) is 0 Å². The molecule has 0 saturated heterocycles. The standard InChI is InChI=1S/C48H30N2S/c1-3-12-31(13-4-1)33-22-24-35(25-23-33)49-41-21-10-8-19-38(41)46-43(49)27-26-39-47-44(51-48(39)46)29-28-42-45(47)37-18-7-9-20-40(37)50(42)36-17-11-16-34(30-36)32-14-5-2-6-15-32/h1-30H. The molecule has 0 bridgehead atoms. The van der Waals surface area contributed by atoms with Gasteiger partial charge in [0.15, 0.2) is 0 Å². The molecule has 0 saturated carbocycles. The van der Waals surface area contributed by atoms with Crippen LogP contribution >= 0.6 is 11.3 Å².